The van der Waals surface area contributed by atoms with Crippen molar-refractivity contribution in [3.05, 3.63) is 52.4 Å². The molecule has 0 aliphatic carbocycles. The van der Waals surface area contributed by atoms with Gasteiger partial charge < -0.3 is 0 Å². The minimum absolute atomic E-state index is 0.369. The van der Waals surface area contributed by atoms with E-state index in [9.17, 15) is 0 Å². The van der Waals surface area contributed by atoms with E-state index in [4.69, 9.17) is 11.6 Å². The van der Waals surface area contributed by atoms with Crippen molar-refractivity contribution in [1.29, 1.82) is 0 Å². The molecule has 0 radical (unpaired) electrons. The quantitative estimate of drug-likeness (QED) is 0.684. The molecule has 3 aromatic rings. The maximum atomic E-state index is 5.97. The lowest BCUT2D eigenvalue weighted by Crippen LogP contribution is -1.94. The first-order valence-electron chi connectivity index (χ1n) is 5.01. The van der Waals surface area contributed by atoms with Crippen molar-refractivity contribution < 1.29 is 0 Å². The third kappa shape index (κ3) is 1.83. The standard InChI is InChI=1S/C12H7BrClN3/c13-10-11(14)16-12-9(15-10)6-7-17(12)8-4-2-1-3-5-8/h1-7H. The van der Waals surface area contributed by atoms with Crippen molar-refractivity contribution in [2.24, 2.45) is 0 Å². The number of hydrogen-bond donors (Lipinski definition) is 0. The molecule has 0 amide bonds. The molecule has 2 heterocycles. The van der Waals surface area contributed by atoms with Crippen molar-refractivity contribution in [2.45, 2.75) is 0 Å². The van der Waals surface area contributed by atoms with E-state index in [0.29, 0.717) is 9.76 Å². The molecule has 3 nitrogen and oxygen atoms in total. The van der Waals surface area contributed by atoms with Crippen molar-refractivity contribution in [1.82, 2.24) is 14.5 Å². The topological polar surface area (TPSA) is 30.7 Å². The first kappa shape index (κ1) is 10.7. The molecule has 0 N–H and O–H groups in total. The van der Waals surface area contributed by atoms with Crippen LogP contribution in [0.1, 0.15) is 0 Å². The predicted octanol–water partition coefficient (Wildman–Crippen LogP) is 3.84. The molecule has 84 valence electrons. The van der Waals surface area contributed by atoms with Crippen molar-refractivity contribution in [3.8, 4) is 5.69 Å². The van der Waals surface area contributed by atoms with Crippen LogP contribution in [0.5, 0.6) is 0 Å². The van der Waals surface area contributed by atoms with Crippen LogP contribution >= 0.6 is 27.5 Å². The summed E-state index contributed by atoms with van der Waals surface area (Å²) in [4.78, 5) is 8.65. The SMILES string of the molecule is Clc1nc2c(ccn2-c2ccccc2)nc1Br. The van der Waals surface area contributed by atoms with Gasteiger partial charge in [0.15, 0.2) is 10.8 Å². The summed E-state index contributed by atoms with van der Waals surface area (Å²) >= 11 is 9.24. The van der Waals surface area contributed by atoms with Gasteiger partial charge in [-0.25, -0.2) is 9.97 Å². The van der Waals surface area contributed by atoms with Gasteiger partial charge in [0.2, 0.25) is 0 Å². The molecule has 2 aromatic heterocycles. The maximum absolute atomic E-state index is 5.97. The van der Waals surface area contributed by atoms with Crippen LogP contribution in [-0.4, -0.2) is 14.5 Å². The molecular weight excluding hydrogens is 302 g/mol. The Kier molecular flexibility index (Phi) is 2.61. The molecule has 1 aromatic carbocycles. The Bertz CT molecular complexity index is 679. The van der Waals surface area contributed by atoms with Crippen LogP contribution in [0, 0.1) is 0 Å². The highest BCUT2D eigenvalue weighted by Gasteiger charge is 2.09. The van der Waals surface area contributed by atoms with Gasteiger partial charge in [0.25, 0.3) is 0 Å². The van der Waals surface area contributed by atoms with Crippen molar-refractivity contribution in [2.75, 3.05) is 0 Å². The highest BCUT2D eigenvalue weighted by atomic mass is 79.9. The number of aromatic nitrogens is 3. The Morgan fingerprint density at radius 3 is 2.59 bits per heavy atom. The zero-order chi connectivity index (χ0) is 11.8. The number of halogens is 2. The molecule has 0 unspecified atom stereocenters. The van der Waals surface area contributed by atoms with Crippen LogP contribution in [0.25, 0.3) is 16.9 Å². The van der Waals surface area contributed by atoms with E-state index in [-0.39, 0.29) is 0 Å². The highest BCUT2D eigenvalue weighted by molar-refractivity contribution is 9.10. The molecule has 0 aliphatic heterocycles. The van der Waals surface area contributed by atoms with E-state index in [1.165, 1.54) is 0 Å². The van der Waals surface area contributed by atoms with Crippen molar-refractivity contribution in [3.63, 3.8) is 0 Å². The molecule has 5 heteroatoms. The summed E-state index contributed by atoms with van der Waals surface area (Å²) < 4.78 is 2.53. The van der Waals surface area contributed by atoms with E-state index in [1.807, 2.05) is 47.2 Å². The van der Waals surface area contributed by atoms with Gasteiger partial charge in [0.1, 0.15) is 10.1 Å². The summed E-state index contributed by atoms with van der Waals surface area (Å²) in [5, 5.41) is 0.369. The largest absolute Gasteiger partial charge is 0.300 e. The zero-order valence-corrected chi connectivity index (χ0v) is 11.0. The monoisotopic (exact) mass is 307 g/mol. The molecule has 0 saturated carbocycles. The average Bonchev–Trinajstić information content (AvgIpc) is 2.74. The average molecular weight is 309 g/mol. The van der Waals surface area contributed by atoms with E-state index in [1.54, 1.807) is 0 Å². The third-order valence-electron chi connectivity index (χ3n) is 2.47. The summed E-state index contributed by atoms with van der Waals surface area (Å²) in [6.07, 6.45) is 1.93. The van der Waals surface area contributed by atoms with Crippen LogP contribution in [0.4, 0.5) is 0 Å². The molecule has 0 fully saturated rings. The maximum Gasteiger partial charge on any atom is 0.165 e. The lowest BCUT2D eigenvalue weighted by molar-refractivity contribution is 1.08. The Labute approximate surface area is 111 Å². The zero-order valence-electron chi connectivity index (χ0n) is 8.64. The Hall–Kier alpha value is -1.39. The number of para-hydroxylation sites is 1. The number of nitrogens with zero attached hydrogens (tertiary/aromatic N) is 3. The van der Waals surface area contributed by atoms with Gasteiger partial charge in [-0.05, 0) is 34.1 Å². The molecule has 0 aliphatic rings. The molecule has 17 heavy (non-hydrogen) atoms. The first-order valence-corrected chi connectivity index (χ1v) is 6.18. The number of fused-ring (bicyclic) bond motifs is 1. The van der Waals surface area contributed by atoms with Crippen LogP contribution in [-0.2, 0) is 0 Å². The number of rotatable bonds is 1. The third-order valence-corrected chi connectivity index (χ3v) is 3.51. The molecule has 3 rings (SSSR count). The second-order valence-corrected chi connectivity index (χ2v) is 4.64. The second-order valence-electron chi connectivity index (χ2n) is 3.54. The fraction of sp³-hybridized carbons (Fsp3) is 0. The lowest BCUT2D eigenvalue weighted by Gasteiger charge is -2.04. The Balaban J connectivity index is 2.29. The summed E-state index contributed by atoms with van der Waals surface area (Å²) in [5.41, 5.74) is 2.60. The molecule has 0 bridgehead atoms. The van der Waals surface area contributed by atoms with Crippen LogP contribution in [0.3, 0.4) is 0 Å². The smallest absolute Gasteiger partial charge is 0.165 e. The fourth-order valence-corrected chi connectivity index (χ4v) is 2.10. The van der Waals surface area contributed by atoms with Gasteiger partial charge >= 0.3 is 0 Å². The predicted molar refractivity (Wildman–Crippen MR) is 71.6 cm³/mol. The summed E-state index contributed by atoms with van der Waals surface area (Å²) in [5.74, 6) is 0. The van der Waals surface area contributed by atoms with Gasteiger partial charge in [-0.3, -0.25) is 4.57 Å². The van der Waals surface area contributed by atoms with Gasteiger partial charge in [0.05, 0.1) is 0 Å². The summed E-state index contributed by atoms with van der Waals surface area (Å²) in [6, 6.07) is 11.9. The van der Waals surface area contributed by atoms with Crippen LogP contribution in [0.2, 0.25) is 5.15 Å². The second kappa shape index (κ2) is 4.13. The fourth-order valence-electron chi connectivity index (χ4n) is 1.70. The van der Waals surface area contributed by atoms with Gasteiger partial charge in [-0.2, -0.15) is 0 Å². The van der Waals surface area contributed by atoms with Crippen LogP contribution in [0.15, 0.2) is 47.2 Å². The summed E-state index contributed by atoms with van der Waals surface area (Å²) in [7, 11) is 0. The lowest BCUT2D eigenvalue weighted by atomic mass is 10.3. The normalized spacial score (nSPS) is 10.9. The van der Waals surface area contributed by atoms with Gasteiger partial charge in [-0.15, -0.1) is 0 Å². The highest BCUT2D eigenvalue weighted by Crippen LogP contribution is 2.24. The number of hydrogen-bond acceptors (Lipinski definition) is 2. The minimum Gasteiger partial charge on any atom is -0.300 e. The molecule has 0 atom stereocenters. The van der Waals surface area contributed by atoms with E-state index in [0.717, 1.165) is 16.9 Å². The first-order chi connectivity index (χ1) is 8.25. The Morgan fingerprint density at radius 1 is 1.06 bits per heavy atom. The van der Waals surface area contributed by atoms with Gasteiger partial charge in [0, 0.05) is 11.9 Å². The minimum atomic E-state index is 0.369. The summed E-state index contributed by atoms with van der Waals surface area (Å²) in [6.45, 7) is 0. The molecular formula is C12H7BrClN3. The number of benzene rings is 1. The van der Waals surface area contributed by atoms with Crippen LogP contribution < -0.4 is 0 Å². The van der Waals surface area contributed by atoms with Gasteiger partial charge in [-0.1, -0.05) is 29.8 Å². The van der Waals surface area contributed by atoms with E-state index < -0.39 is 0 Å². The van der Waals surface area contributed by atoms with Crippen molar-refractivity contribution >= 4 is 38.7 Å². The Morgan fingerprint density at radius 2 is 1.82 bits per heavy atom. The molecule has 0 spiro atoms. The molecule has 0 saturated heterocycles. The van der Waals surface area contributed by atoms with E-state index in [2.05, 4.69) is 25.9 Å². The van der Waals surface area contributed by atoms with E-state index >= 15 is 0 Å².